The highest BCUT2D eigenvalue weighted by Crippen LogP contribution is 2.38. The Morgan fingerprint density at radius 2 is 2.00 bits per heavy atom. The van der Waals surface area contributed by atoms with Crippen molar-refractivity contribution in [3.8, 4) is 0 Å². The van der Waals surface area contributed by atoms with Gasteiger partial charge in [0.25, 0.3) is 0 Å². The molecule has 1 aliphatic heterocycles. The smallest absolute Gasteiger partial charge is 0.304 e. The number of rotatable bonds is 5. The van der Waals surface area contributed by atoms with Gasteiger partial charge in [-0.25, -0.2) is 0 Å². The van der Waals surface area contributed by atoms with Crippen molar-refractivity contribution in [3.05, 3.63) is 58.1 Å². The number of esters is 1. The summed E-state index contributed by atoms with van der Waals surface area (Å²) in [4.78, 5) is 36.6. The SMILES string of the molecule is CC[C@@H](C)/C=C(C)/C=C\C1=CC2=C(Cl)C(=O)[C@](C)(OC(C)=O)C(=O)C2=CO1. The van der Waals surface area contributed by atoms with E-state index < -0.39 is 23.1 Å². The van der Waals surface area contributed by atoms with Crippen molar-refractivity contribution in [1.82, 2.24) is 0 Å². The third-order valence-electron chi connectivity index (χ3n) is 4.49. The molecule has 0 aromatic carbocycles. The van der Waals surface area contributed by atoms with Crippen LogP contribution in [-0.2, 0) is 23.9 Å². The third-order valence-corrected chi connectivity index (χ3v) is 4.86. The molecule has 2 atom stereocenters. The summed E-state index contributed by atoms with van der Waals surface area (Å²) in [5, 5.41) is -0.161. The number of allylic oxidation sites excluding steroid dienone is 6. The first-order valence-corrected chi connectivity index (χ1v) is 9.12. The van der Waals surface area contributed by atoms with Crippen LogP contribution >= 0.6 is 11.6 Å². The molecule has 0 bridgehead atoms. The van der Waals surface area contributed by atoms with E-state index in [1.807, 2.05) is 13.0 Å². The summed E-state index contributed by atoms with van der Waals surface area (Å²) in [6.07, 6.45) is 9.60. The third kappa shape index (κ3) is 4.30. The molecular formula is C21H23ClO5. The zero-order valence-electron chi connectivity index (χ0n) is 16.1. The fraction of sp³-hybridized carbons (Fsp3) is 0.381. The van der Waals surface area contributed by atoms with E-state index in [9.17, 15) is 14.4 Å². The van der Waals surface area contributed by atoms with Crippen LogP contribution in [-0.4, -0.2) is 23.1 Å². The van der Waals surface area contributed by atoms with E-state index in [1.165, 1.54) is 19.3 Å². The van der Waals surface area contributed by atoms with Crippen LogP contribution < -0.4 is 0 Å². The number of fused-ring (bicyclic) bond motifs is 1. The predicted molar refractivity (Wildman–Crippen MR) is 103 cm³/mol. The van der Waals surface area contributed by atoms with Gasteiger partial charge in [0.05, 0.1) is 10.6 Å². The fourth-order valence-corrected chi connectivity index (χ4v) is 3.13. The summed E-state index contributed by atoms with van der Waals surface area (Å²) < 4.78 is 10.5. The molecule has 0 aromatic heterocycles. The van der Waals surface area contributed by atoms with Crippen LogP contribution in [0.15, 0.2) is 58.1 Å². The van der Waals surface area contributed by atoms with Crippen LogP contribution in [0, 0.1) is 5.92 Å². The van der Waals surface area contributed by atoms with Gasteiger partial charge in [0.2, 0.25) is 17.2 Å². The second-order valence-corrected chi connectivity index (χ2v) is 7.22. The lowest BCUT2D eigenvalue weighted by Gasteiger charge is -2.32. The summed E-state index contributed by atoms with van der Waals surface area (Å²) >= 11 is 6.20. The van der Waals surface area contributed by atoms with E-state index in [-0.39, 0.29) is 16.2 Å². The summed E-state index contributed by atoms with van der Waals surface area (Å²) in [7, 11) is 0. The monoisotopic (exact) mass is 390 g/mol. The minimum Gasteiger partial charge on any atom is -0.464 e. The molecule has 2 aliphatic rings. The Hall–Kier alpha value is -2.40. The average Bonchev–Trinajstić information content (AvgIpc) is 2.62. The Morgan fingerprint density at radius 3 is 2.59 bits per heavy atom. The molecule has 0 unspecified atom stereocenters. The molecule has 0 saturated carbocycles. The van der Waals surface area contributed by atoms with E-state index in [0.717, 1.165) is 18.9 Å². The topological polar surface area (TPSA) is 69.7 Å². The maximum atomic E-state index is 12.7. The number of carbonyl (C=O) groups excluding carboxylic acids is 3. The maximum Gasteiger partial charge on any atom is 0.304 e. The second-order valence-electron chi connectivity index (χ2n) is 6.84. The molecule has 0 aromatic rings. The van der Waals surface area contributed by atoms with Gasteiger partial charge in [0, 0.05) is 12.5 Å². The van der Waals surface area contributed by atoms with E-state index in [2.05, 4.69) is 19.9 Å². The highest BCUT2D eigenvalue weighted by molar-refractivity contribution is 6.49. The lowest BCUT2D eigenvalue weighted by molar-refractivity contribution is -0.167. The molecule has 0 N–H and O–H groups in total. The zero-order chi connectivity index (χ0) is 20.4. The molecule has 2 rings (SSSR count). The quantitative estimate of drug-likeness (QED) is 0.397. The molecule has 0 saturated heterocycles. The van der Waals surface area contributed by atoms with Crippen LogP contribution in [0.25, 0.3) is 0 Å². The van der Waals surface area contributed by atoms with Crippen molar-refractivity contribution in [2.24, 2.45) is 5.92 Å². The Balaban J connectivity index is 2.36. The molecule has 1 aliphatic carbocycles. The molecule has 0 amide bonds. The normalized spacial score (nSPS) is 24.3. The number of Topliss-reactive ketones (excluding diaryl/α,β-unsaturated/α-hetero) is 2. The first-order chi connectivity index (χ1) is 12.6. The molecule has 5 nitrogen and oxygen atoms in total. The Bertz CT molecular complexity index is 841. The lowest BCUT2D eigenvalue weighted by atomic mass is 9.80. The molecule has 0 fully saturated rings. The molecule has 1 heterocycles. The highest BCUT2D eigenvalue weighted by Gasteiger charge is 2.52. The molecule has 27 heavy (non-hydrogen) atoms. The van der Waals surface area contributed by atoms with Gasteiger partial charge in [-0.1, -0.05) is 49.6 Å². The van der Waals surface area contributed by atoms with E-state index in [1.54, 1.807) is 6.08 Å². The summed E-state index contributed by atoms with van der Waals surface area (Å²) in [5.74, 6) is -1.24. The number of carbonyl (C=O) groups is 3. The van der Waals surface area contributed by atoms with Crippen molar-refractivity contribution in [2.75, 3.05) is 0 Å². The lowest BCUT2D eigenvalue weighted by Crippen LogP contribution is -2.51. The largest absolute Gasteiger partial charge is 0.464 e. The van der Waals surface area contributed by atoms with Crippen LogP contribution in [0.4, 0.5) is 0 Å². The fourth-order valence-electron chi connectivity index (χ4n) is 2.80. The molecule has 0 spiro atoms. The number of halogens is 1. The van der Waals surface area contributed by atoms with Crippen molar-refractivity contribution in [3.63, 3.8) is 0 Å². The van der Waals surface area contributed by atoms with Gasteiger partial charge < -0.3 is 9.47 Å². The summed E-state index contributed by atoms with van der Waals surface area (Å²) in [6.45, 7) is 8.60. The van der Waals surface area contributed by atoms with E-state index >= 15 is 0 Å². The van der Waals surface area contributed by atoms with Gasteiger partial charge in [0.15, 0.2) is 0 Å². The van der Waals surface area contributed by atoms with Gasteiger partial charge in [0.1, 0.15) is 12.0 Å². The first-order valence-electron chi connectivity index (χ1n) is 8.74. The summed E-state index contributed by atoms with van der Waals surface area (Å²) in [6, 6.07) is 0. The van der Waals surface area contributed by atoms with Crippen molar-refractivity contribution < 1.29 is 23.9 Å². The maximum absolute atomic E-state index is 12.7. The number of hydrogen-bond donors (Lipinski definition) is 0. The van der Waals surface area contributed by atoms with Gasteiger partial charge >= 0.3 is 5.97 Å². The highest BCUT2D eigenvalue weighted by atomic mass is 35.5. The number of ketones is 2. The van der Waals surface area contributed by atoms with Crippen molar-refractivity contribution >= 4 is 29.1 Å². The van der Waals surface area contributed by atoms with Crippen LogP contribution in [0.1, 0.15) is 41.0 Å². The zero-order valence-corrected chi connectivity index (χ0v) is 16.8. The minimum atomic E-state index is -1.97. The Labute approximate surface area is 164 Å². The predicted octanol–water partition coefficient (Wildman–Crippen LogP) is 4.30. The minimum absolute atomic E-state index is 0.104. The van der Waals surface area contributed by atoms with Crippen LogP contribution in [0.5, 0.6) is 0 Å². The Kier molecular flexibility index (Phi) is 6.26. The van der Waals surface area contributed by atoms with Crippen molar-refractivity contribution in [1.29, 1.82) is 0 Å². The number of ether oxygens (including phenoxy) is 2. The Morgan fingerprint density at radius 1 is 1.33 bits per heavy atom. The van der Waals surface area contributed by atoms with Gasteiger partial charge in [-0.2, -0.15) is 0 Å². The molecule has 0 radical (unpaired) electrons. The first kappa shape index (κ1) is 20.9. The molecular weight excluding hydrogens is 368 g/mol. The molecule has 144 valence electrons. The summed E-state index contributed by atoms with van der Waals surface area (Å²) in [5.41, 5.74) is -0.529. The van der Waals surface area contributed by atoms with Crippen LogP contribution in [0.3, 0.4) is 0 Å². The van der Waals surface area contributed by atoms with Gasteiger partial charge in [-0.15, -0.1) is 0 Å². The van der Waals surface area contributed by atoms with E-state index in [0.29, 0.717) is 11.7 Å². The van der Waals surface area contributed by atoms with Crippen LogP contribution in [0.2, 0.25) is 0 Å². The van der Waals surface area contributed by atoms with Gasteiger partial charge in [-0.3, -0.25) is 14.4 Å². The number of hydrogen-bond acceptors (Lipinski definition) is 5. The van der Waals surface area contributed by atoms with E-state index in [4.69, 9.17) is 21.1 Å². The second kappa shape index (κ2) is 8.09. The standard InChI is InChI=1S/C21H23ClO5/c1-6-12(2)9-13(3)7-8-15-10-16-17(11-26-15)19(24)21(5,27-14(4)23)20(25)18(16)22/h7-12H,6H2,1-5H3/b8-7-,13-9+/t12-,21-/m1/s1. The molecule has 6 heteroatoms. The average molecular weight is 391 g/mol. The van der Waals surface area contributed by atoms with Gasteiger partial charge in [-0.05, 0) is 31.9 Å². The van der Waals surface area contributed by atoms with Crippen molar-refractivity contribution in [2.45, 2.75) is 46.6 Å².